The second-order valence-corrected chi connectivity index (χ2v) is 3.07. The van der Waals surface area contributed by atoms with Crippen LogP contribution in [0.25, 0.3) is 0 Å². The third-order valence-electron chi connectivity index (χ3n) is 1.95. The first-order valence-electron chi connectivity index (χ1n) is 4.58. The van der Waals surface area contributed by atoms with Crippen molar-refractivity contribution < 1.29 is 14.6 Å². The van der Waals surface area contributed by atoms with Crippen molar-refractivity contribution in [3.63, 3.8) is 0 Å². The Balaban J connectivity index is 2.36. The van der Waals surface area contributed by atoms with E-state index in [-0.39, 0.29) is 19.1 Å². The zero-order chi connectivity index (χ0) is 10.4. The summed E-state index contributed by atoms with van der Waals surface area (Å²) in [5.41, 5.74) is 1.07. The number of hydrogen-bond acceptors (Lipinski definition) is 2. The van der Waals surface area contributed by atoms with E-state index in [0.717, 1.165) is 5.56 Å². The standard InChI is InChI=1S/C11H14O3/c1-9(14-8-7-11(12)13)10-5-3-2-4-6-10/h2-6,9H,7-8H2,1H3,(H,12,13). The molecule has 0 aromatic heterocycles. The monoisotopic (exact) mass is 194 g/mol. The predicted octanol–water partition coefficient (Wildman–Crippen LogP) is 2.24. The molecule has 1 aromatic carbocycles. The average molecular weight is 194 g/mol. The van der Waals surface area contributed by atoms with Gasteiger partial charge in [-0.25, -0.2) is 0 Å². The van der Waals surface area contributed by atoms with Gasteiger partial charge in [0.1, 0.15) is 0 Å². The molecule has 0 amide bonds. The molecule has 0 spiro atoms. The molecule has 0 aliphatic carbocycles. The van der Waals surface area contributed by atoms with Crippen molar-refractivity contribution in [1.82, 2.24) is 0 Å². The lowest BCUT2D eigenvalue weighted by Crippen LogP contribution is -2.06. The van der Waals surface area contributed by atoms with Crippen molar-refractivity contribution in [2.45, 2.75) is 19.4 Å². The Kier molecular flexibility index (Phi) is 4.13. The Bertz CT molecular complexity index is 282. The fourth-order valence-corrected chi connectivity index (χ4v) is 1.14. The van der Waals surface area contributed by atoms with Gasteiger partial charge in [0.2, 0.25) is 0 Å². The highest BCUT2D eigenvalue weighted by molar-refractivity contribution is 5.66. The van der Waals surface area contributed by atoms with Crippen LogP contribution in [0.15, 0.2) is 30.3 Å². The lowest BCUT2D eigenvalue weighted by atomic mass is 10.1. The number of aliphatic carboxylic acids is 1. The number of benzene rings is 1. The van der Waals surface area contributed by atoms with Gasteiger partial charge in [-0.1, -0.05) is 30.3 Å². The lowest BCUT2D eigenvalue weighted by molar-refractivity contribution is -0.138. The molecule has 1 rings (SSSR count). The summed E-state index contributed by atoms with van der Waals surface area (Å²) < 4.78 is 5.36. The molecular weight excluding hydrogens is 180 g/mol. The maximum atomic E-state index is 10.2. The molecule has 1 unspecified atom stereocenters. The van der Waals surface area contributed by atoms with E-state index in [4.69, 9.17) is 9.84 Å². The maximum absolute atomic E-state index is 10.2. The van der Waals surface area contributed by atoms with E-state index < -0.39 is 5.97 Å². The quantitative estimate of drug-likeness (QED) is 0.781. The zero-order valence-corrected chi connectivity index (χ0v) is 8.14. The van der Waals surface area contributed by atoms with Gasteiger partial charge < -0.3 is 9.84 Å². The van der Waals surface area contributed by atoms with Crippen LogP contribution in [0.4, 0.5) is 0 Å². The van der Waals surface area contributed by atoms with Crippen LogP contribution in [0, 0.1) is 0 Å². The van der Waals surface area contributed by atoms with E-state index in [1.807, 2.05) is 37.3 Å². The normalized spacial score (nSPS) is 12.4. The third kappa shape index (κ3) is 3.58. The minimum absolute atomic E-state index is 0.0458. The number of carbonyl (C=O) groups is 1. The summed E-state index contributed by atoms with van der Waals surface area (Å²) in [5, 5.41) is 8.42. The highest BCUT2D eigenvalue weighted by atomic mass is 16.5. The molecular formula is C11H14O3. The number of carboxylic acids is 1. The van der Waals surface area contributed by atoms with Gasteiger partial charge in [0, 0.05) is 0 Å². The second-order valence-electron chi connectivity index (χ2n) is 3.07. The molecule has 0 saturated heterocycles. The van der Waals surface area contributed by atoms with E-state index in [9.17, 15) is 4.79 Å². The Hall–Kier alpha value is -1.35. The molecule has 0 radical (unpaired) electrons. The van der Waals surface area contributed by atoms with Crippen LogP contribution in [-0.4, -0.2) is 17.7 Å². The van der Waals surface area contributed by atoms with Crippen molar-refractivity contribution in [2.75, 3.05) is 6.61 Å². The highest BCUT2D eigenvalue weighted by Gasteiger charge is 2.05. The molecule has 0 aliphatic heterocycles. The van der Waals surface area contributed by atoms with Gasteiger partial charge in [-0.3, -0.25) is 4.79 Å². The van der Waals surface area contributed by atoms with Crippen molar-refractivity contribution in [2.24, 2.45) is 0 Å². The molecule has 0 heterocycles. The van der Waals surface area contributed by atoms with Gasteiger partial charge >= 0.3 is 5.97 Å². The van der Waals surface area contributed by atoms with Gasteiger partial charge in [-0.05, 0) is 12.5 Å². The van der Waals surface area contributed by atoms with Crippen molar-refractivity contribution >= 4 is 5.97 Å². The lowest BCUT2D eigenvalue weighted by Gasteiger charge is -2.12. The van der Waals surface area contributed by atoms with Gasteiger partial charge in [0.15, 0.2) is 0 Å². The summed E-state index contributed by atoms with van der Waals surface area (Å²) in [4.78, 5) is 10.2. The molecule has 0 aliphatic rings. The van der Waals surface area contributed by atoms with Crippen molar-refractivity contribution in [3.8, 4) is 0 Å². The van der Waals surface area contributed by atoms with E-state index in [0.29, 0.717) is 0 Å². The minimum atomic E-state index is -0.828. The molecule has 76 valence electrons. The van der Waals surface area contributed by atoms with Crippen LogP contribution in [0.1, 0.15) is 25.0 Å². The summed E-state index contributed by atoms with van der Waals surface area (Å²) in [6, 6.07) is 9.74. The fraction of sp³-hybridized carbons (Fsp3) is 0.364. The van der Waals surface area contributed by atoms with Crippen LogP contribution in [0.3, 0.4) is 0 Å². The molecule has 3 nitrogen and oxygen atoms in total. The molecule has 0 saturated carbocycles. The smallest absolute Gasteiger partial charge is 0.305 e. The highest BCUT2D eigenvalue weighted by Crippen LogP contribution is 2.15. The first-order chi connectivity index (χ1) is 6.70. The van der Waals surface area contributed by atoms with E-state index in [2.05, 4.69) is 0 Å². The Morgan fingerprint density at radius 1 is 1.43 bits per heavy atom. The van der Waals surface area contributed by atoms with Crippen molar-refractivity contribution in [1.29, 1.82) is 0 Å². The maximum Gasteiger partial charge on any atom is 0.305 e. The largest absolute Gasteiger partial charge is 0.481 e. The van der Waals surface area contributed by atoms with Crippen molar-refractivity contribution in [3.05, 3.63) is 35.9 Å². The van der Waals surface area contributed by atoms with E-state index in [1.54, 1.807) is 0 Å². The Morgan fingerprint density at radius 3 is 2.64 bits per heavy atom. The molecule has 0 fully saturated rings. The summed E-state index contributed by atoms with van der Waals surface area (Å²) in [6.45, 7) is 2.17. The SMILES string of the molecule is CC(OCCC(=O)O)c1ccccc1. The molecule has 1 N–H and O–H groups in total. The number of hydrogen-bond donors (Lipinski definition) is 1. The van der Waals surface area contributed by atoms with Crippen LogP contribution in [-0.2, 0) is 9.53 Å². The topological polar surface area (TPSA) is 46.5 Å². The number of rotatable bonds is 5. The zero-order valence-electron chi connectivity index (χ0n) is 8.14. The molecule has 0 bridgehead atoms. The summed E-state index contributed by atoms with van der Waals surface area (Å²) in [6.07, 6.45) is 0.00696. The van der Waals surface area contributed by atoms with Gasteiger partial charge in [-0.15, -0.1) is 0 Å². The predicted molar refractivity (Wildman–Crippen MR) is 53.1 cm³/mol. The second kappa shape index (κ2) is 5.40. The summed E-state index contributed by atoms with van der Waals surface area (Å²) >= 11 is 0. The van der Waals surface area contributed by atoms with E-state index in [1.165, 1.54) is 0 Å². The first kappa shape index (κ1) is 10.7. The fourth-order valence-electron chi connectivity index (χ4n) is 1.14. The summed E-state index contributed by atoms with van der Waals surface area (Å²) in [5.74, 6) is -0.828. The van der Waals surface area contributed by atoms with Crippen LogP contribution >= 0.6 is 0 Å². The Morgan fingerprint density at radius 2 is 2.07 bits per heavy atom. The van der Waals surface area contributed by atoms with Gasteiger partial charge in [0.25, 0.3) is 0 Å². The van der Waals surface area contributed by atoms with Crippen LogP contribution in [0.2, 0.25) is 0 Å². The van der Waals surface area contributed by atoms with Crippen LogP contribution < -0.4 is 0 Å². The first-order valence-corrected chi connectivity index (χ1v) is 4.58. The molecule has 14 heavy (non-hydrogen) atoms. The number of ether oxygens (including phenoxy) is 1. The van der Waals surface area contributed by atoms with Gasteiger partial charge in [-0.2, -0.15) is 0 Å². The minimum Gasteiger partial charge on any atom is -0.481 e. The molecule has 1 aromatic rings. The Labute approximate surface area is 83.3 Å². The van der Waals surface area contributed by atoms with Crippen LogP contribution in [0.5, 0.6) is 0 Å². The average Bonchev–Trinajstić information content (AvgIpc) is 2.18. The third-order valence-corrected chi connectivity index (χ3v) is 1.95. The van der Waals surface area contributed by atoms with Gasteiger partial charge in [0.05, 0.1) is 19.1 Å². The molecule has 3 heteroatoms. The summed E-state index contributed by atoms with van der Waals surface area (Å²) in [7, 11) is 0. The molecule has 1 atom stereocenters. The number of carboxylic acid groups (broad SMARTS) is 1. The van der Waals surface area contributed by atoms with E-state index >= 15 is 0 Å².